The van der Waals surface area contributed by atoms with E-state index in [0.717, 1.165) is 0 Å². The first-order valence-corrected chi connectivity index (χ1v) is 7.44. The smallest absolute Gasteiger partial charge is 0.302 e. The van der Waals surface area contributed by atoms with Gasteiger partial charge in [0, 0.05) is 5.02 Å². The number of nitrogens with two attached hydrogens (primary N) is 1. The number of benzene rings is 1. The molecule has 1 aromatic carbocycles. The van der Waals surface area contributed by atoms with E-state index in [1.165, 1.54) is 6.20 Å². The summed E-state index contributed by atoms with van der Waals surface area (Å²) in [5.74, 6) is -0.399. The summed E-state index contributed by atoms with van der Waals surface area (Å²) in [5.41, 5.74) is 7.30. The predicted molar refractivity (Wildman–Crippen MR) is 90.3 cm³/mol. The number of hydrogen-bond donors (Lipinski definition) is 3. The largest absolute Gasteiger partial charge is 0.423 e. The van der Waals surface area contributed by atoms with E-state index in [1.54, 1.807) is 18.2 Å². The van der Waals surface area contributed by atoms with Crippen LogP contribution in [-0.2, 0) is 0 Å². The van der Waals surface area contributed by atoms with Crippen molar-refractivity contribution in [2.45, 2.75) is 0 Å². The average Bonchev–Trinajstić information content (AvgIpc) is 3.14. The van der Waals surface area contributed by atoms with Gasteiger partial charge in [0.15, 0.2) is 5.58 Å². The monoisotopic (exact) mass is 362 g/mol. The number of fused-ring (bicyclic) bond motifs is 2. The molecule has 0 saturated heterocycles. The molecule has 0 atom stereocenters. The molecule has 0 bridgehead atoms. The first-order valence-electron chi connectivity index (χ1n) is 6.68. The number of nitrogens with zero attached hydrogens (tertiary/aromatic N) is 3. The number of nitrogens with one attached hydrogen (secondary N) is 2. The maximum Gasteiger partial charge on any atom is 0.302 e. The topological polar surface area (TPSA) is 123 Å². The zero-order valence-electron chi connectivity index (χ0n) is 11.8. The van der Waals surface area contributed by atoms with Crippen LogP contribution in [-0.4, -0.2) is 26.1 Å². The lowest BCUT2D eigenvalue weighted by Gasteiger charge is -2.00. The second-order valence-electron chi connectivity index (χ2n) is 4.90. The molecule has 0 radical (unpaired) electrons. The second-order valence-corrected chi connectivity index (χ2v) is 5.74. The zero-order valence-corrected chi connectivity index (χ0v) is 13.3. The molecule has 3 heterocycles. The van der Waals surface area contributed by atoms with Crippen LogP contribution in [0.2, 0.25) is 10.0 Å². The lowest BCUT2D eigenvalue weighted by Crippen LogP contribution is -2.13. The molecule has 8 nitrogen and oxygen atoms in total. The third kappa shape index (κ3) is 2.32. The molecule has 4 N–H and O–H groups in total. The van der Waals surface area contributed by atoms with Crippen molar-refractivity contribution in [1.82, 2.24) is 20.2 Å². The van der Waals surface area contributed by atoms with Gasteiger partial charge in [-0.25, -0.2) is 4.98 Å². The van der Waals surface area contributed by atoms with Gasteiger partial charge in [-0.3, -0.25) is 15.2 Å². The van der Waals surface area contributed by atoms with Crippen LogP contribution in [0.3, 0.4) is 0 Å². The Morgan fingerprint density at radius 2 is 2.17 bits per heavy atom. The van der Waals surface area contributed by atoms with E-state index in [9.17, 15) is 4.79 Å². The number of aromatic amines is 1. The predicted octanol–water partition coefficient (Wildman–Crippen LogP) is 3.24. The van der Waals surface area contributed by atoms with Crippen LogP contribution in [0.4, 0.5) is 11.8 Å². The first-order chi connectivity index (χ1) is 11.5. The summed E-state index contributed by atoms with van der Waals surface area (Å²) >= 11 is 11.9. The van der Waals surface area contributed by atoms with E-state index < -0.39 is 5.91 Å². The Balaban J connectivity index is 1.72. The van der Waals surface area contributed by atoms with Crippen molar-refractivity contribution in [3.63, 3.8) is 0 Å². The van der Waals surface area contributed by atoms with Crippen molar-refractivity contribution >= 4 is 62.9 Å². The molecule has 1 amide bonds. The molecule has 0 saturated carbocycles. The minimum atomic E-state index is -0.536. The van der Waals surface area contributed by atoms with Crippen LogP contribution >= 0.6 is 23.2 Å². The summed E-state index contributed by atoms with van der Waals surface area (Å²) < 4.78 is 5.45. The number of rotatable bonds is 2. The molecule has 24 heavy (non-hydrogen) atoms. The molecular formula is C14H8Cl2N6O2. The van der Waals surface area contributed by atoms with Gasteiger partial charge in [0.1, 0.15) is 22.5 Å². The van der Waals surface area contributed by atoms with E-state index in [2.05, 4.69) is 25.5 Å². The SMILES string of the molecule is Nc1ncc(Cl)c2n[nH]c(C(=O)Nc3nc4cc(Cl)ccc4o3)c12. The molecular weight excluding hydrogens is 355 g/mol. The lowest BCUT2D eigenvalue weighted by molar-refractivity contribution is 0.102. The highest BCUT2D eigenvalue weighted by Crippen LogP contribution is 2.28. The van der Waals surface area contributed by atoms with E-state index in [-0.39, 0.29) is 22.5 Å². The maximum atomic E-state index is 12.5. The van der Waals surface area contributed by atoms with Gasteiger partial charge in [0.25, 0.3) is 5.91 Å². The number of H-pyrrole nitrogens is 1. The molecule has 0 aliphatic rings. The summed E-state index contributed by atoms with van der Waals surface area (Å²) in [6.07, 6.45) is 1.37. The van der Waals surface area contributed by atoms with Gasteiger partial charge in [-0.2, -0.15) is 10.1 Å². The third-order valence-electron chi connectivity index (χ3n) is 3.36. The summed E-state index contributed by atoms with van der Waals surface area (Å²) in [6, 6.07) is 4.97. The quantitative estimate of drug-likeness (QED) is 0.502. The number of carbonyl (C=O) groups is 1. The van der Waals surface area contributed by atoms with Crippen molar-refractivity contribution in [2.75, 3.05) is 11.1 Å². The fourth-order valence-electron chi connectivity index (χ4n) is 2.29. The Morgan fingerprint density at radius 1 is 1.33 bits per heavy atom. The van der Waals surface area contributed by atoms with Crippen molar-refractivity contribution < 1.29 is 9.21 Å². The fraction of sp³-hybridized carbons (Fsp3) is 0. The van der Waals surface area contributed by atoms with Crippen LogP contribution in [0.15, 0.2) is 28.8 Å². The number of pyridine rings is 1. The molecule has 0 spiro atoms. The highest BCUT2D eigenvalue weighted by Gasteiger charge is 2.20. The van der Waals surface area contributed by atoms with Crippen molar-refractivity contribution in [2.24, 2.45) is 0 Å². The lowest BCUT2D eigenvalue weighted by atomic mass is 10.2. The van der Waals surface area contributed by atoms with Crippen molar-refractivity contribution in [3.05, 3.63) is 40.1 Å². The summed E-state index contributed by atoms with van der Waals surface area (Å²) in [5, 5.41) is 10.3. The summed E-state index contributed by atoms with van der Waals surface area (Å²) in [7, 11) is 0. The van der Waals surface area contributed by atoms with Crippen molar-refractivity contribution in [3.8, 4) is 0 Å². The van der Waals surface area contributed by atoms with Crippen molar-refractivity contribution in [1.29, 1.82) is 0 Å². The Labute approximate surface area is 144 Å². The number of aromatic nitrogens is 4. The summed E-state index contributed by atoms with van der Waals surface area (Å²) in [6.45, 7) is 0. The molecule has 0 aliphatic heterocycles. The van der Waals surface area contributed by atoms with Crippen LogP contribution in [0.1, 0.15) is 10.5 Å². The van der Waals surface area contributed by atoms with E-state index in [1.807, 2.05) is 0 Å². The minimum Gasteiger partial charge on any atom is -0.423 e. The average molecular weight is 363 g/mol. The number of oxazole rings is 1. The van der Waals surface area contributed by atoms with E-state index in [4.69, 9.17) is 33.4 Å². The van der Waals surface area contributed by atoms with Gasteiger partial charge in [0.05, 0.1) is 16.6 Å². The standard InChI is InChI=1S/C14H8Cl2N6O2/c15-5-1-2-8-7(3-5)19-14(24-8)20-13(23)11-9-10(21-22-11)6(16)4-18-12(9)17/h1-4H,(H2,17,18)(H,21,22)(H,19,20,23). The van der Waals surface area contributed by atoms with E-state index in [0.29, 0.717) is 27.0 Å². The Morgan fingerprint density at radius 3 is 3.00 bits per heavy atom. The molecule has 0 fully saturated rings. The Hall–Kier alpha value is -2.84. The number of halogens is 2. The van der Waals surface area contributed by atoms with Gasteiger partial charge >= 0.3 is 6.01 Å². The summed E-state index contributed by atoms with van der Waals surface area (Å²) in [4.78, 5) is 20.5. The third-order valence-corrected chi connectivity index (χ3v) is 3.87. The van der Waals surface area contributed by atoms with Crippen LogP contribution in [0.25, 0.3) is 22.0 Å². The van der Waals surface area contributed by atoms with Crippen LogP contribution < -0.4 is 11.1 Å². The molecule has 10 heteroatoms. The first kappa shape index (κ1) is 14.7. The van der Waals surface area contributed by atoms with Gasteiger partial charge in [-0.05, 0) is 18.2 Å². The van der Waals surface area contributed by atoms with Gasteiger partial charge < -0.3 is 10.2 Å². The van der Waals surface area contributed by atoms with Gasteiger partial charge in [-0.15, -0.1) is 0 Å². The highest BCUT2D eigenvalue weighted by molar-refractivity contribution is 6.36. The van der Waals surface area contributed by atoms with Gasteiger partial charge in [0.2, 0.25) is 0 Å². The van der Waals surface area contributed by atoms with Crippen LogP contribution in [0.5, 0.6) is 0 Å². The Bertz CT molecular complexity index is 1100. The molecule has 4 rings (SSSR count). The number of carbonyl (C=O) groups excluding carboxylic acids is 1. The second kappa shape index (κ2) is 5.36. The van der Waals surface area contributed by atoms with Crippen LogP contribution in [0, 0.1) is 0 Å². The molecule has 0 unspecified atom stereocenters. The minimum absolute atomic E-state index is 0.0218. The Kier molecular flexibility index (Phi) is 3.29. The van der Waals surface area contributed by atoms with Gasteiger partial charge in [-0.1, -0.05) is 23.2 Å². The number of anilines is 2. The normalized spacial score (nSPS) is 11.2. The fourth-order valence-corrected chi connectivity index (χ4v) is 2.65. The zero-order chi connectivity index (χ0) is 16.8. The highest BCUT2D eigenvalue weighted by atomic mass is 35.5. The molecule has 120 valence electrons. The molecule has 3 aromatic heterocycles. The number of hydrogen-bond acceptors (Lipinski definition) is 6. The molecule has 4 aromatic rings. The number of amides is 1. The van der Waals surface area contributed by atoms with E-state index >= 15 is 0 Å². The molecule has 0 aliphatic carbocycles. The maximum absolute atomic E-state index is 12.5. The number of nitrogen functional groups attached to an aromatic ring is 1.